The molecular formula is C18H18N3O4S+. The number of aldehydes is 1. The Balaban J connectivity index is 1.88. The van der Waals surface area contributed by atoms with Gasteiger partial charge in [-0.3, -0.25) is 9.35 Å². The van der Waals surface area contributed by atoms with Crippen LogP contribution < -0.4 is 4.57 Å². The Kier molecular flexibility index (Phi) is 5.24. The van der Waals surface area contributed by atoms with E-state index in [0.717, 1.165) is 17.5 Å². The van der Waals surface area contributed by atoms with E-state index in [9.17, 15) is 13.2 Å². The smallest absolute Gasteiger partial charge is 0.265 e. The molecule has 3 aromatic rings. The largest absolute Gasteiger partial charge is 0.298 e. The van der Waals surface area contributed by atoms with Crippen LogP contribution in [0.4, 0.5) is 0 Å². The van der Waals surface area contributed by atoms with Crippen LogP contribution in [0.1, 0.15) is 16.8 Å². The Labute approximate surface area is 151 Å². The molecule has 2 aromatic heterocycles. The molecule has 8 heteroatoms. The van der Waals surface area contributed by atoms with Crippen LogP contribution in [0.15, 0.2) is 61.1 Å². The maximum absolute atomic E-state index is 11.5. The number of hydrogen-bond acceptors (Lipinski definition) is 4. The van der Waals surface area contributed by atoms with Crippen LogP contribution >= 0.6 is 0 Å². The molecule has 26 heavy (non-hydrogen) atoms. The van der Waals surface area contributed by atoms with Gasteiger partial charge in [0.05, 0.1) is 22.6 Å². The van der Waals surface area contributed by atoms with Crippen molar-refractivity contribution in [1.82, 2.24) is 9.78 Å². The van der Waals surface area contributed by atoms with Crippen LogP contribution in [0, 0.1) is 0 Å². The highest BCUT2D eigenvalue weighted by Gasteiger charge is 2.15. The van der Waals surface area contributed by atoms with Gasteiger partial charge < -0.3 is 0 Å². The van der Waals surface area contributed by atoms with E-state index in [0.29, 0.717) is 17.8 Å². The monoisotopic (exact) mass is 372 g/mol. The van der Waals surface area contributed by atoms with Crippen molar-refractivity contribution >= 4 is 16.4 Å². The summed E-state index contributed by atoms with van der Waals surface area (Å²) in [5, 5.41) is 4.52. The number of rotatable bonds is 7. The highest BCUT2D eigenvalue weighted by Crippen LogP contribution is 2.21. The first kappa shape index (κ1) is 18.0. The van der Waals surface area contributed by atoms with Crippen molar-refractivity contribution in [3.8, 4) is 16.9 Å². The number of para-hydroxylation sites is 1. The summed E-state index contributed by atoms with van der Waals surface area (Å²) in [4.78, 5) is 11.5. The molecule has 0 saturated carbocycles. The van der Waals surface area contributed by atoms with E-state index in [1.165, 1.54) is 0 Å². The zero-order valence-corrected chi connectivity index (χ0v) is 14.7. The van der Waals surface area contributed by atoms with Crippen molar-refractivity contribution in [1.29, 1.82) is 0 Å². The lowest BCUT2D eigenvalue weighted by molar-refractivity contribution is -0.696. The summed E-state index contributed by atoms with van der Waals surface area (Å²) in [6.07, 6.45) is 6.31. The molecule has 0 unspecified atom stereocenters. The van der Waals surface area contributed by atoms with Crippen molar-refractivity contribution in [3.63, 3.8) is 0 Å². The van der Waals surface area contributed by atoms with Crippen LogP contribution in [0.3, 0.4) is 0 Å². The lowest BCUT2D eigenvalue weighted by Gasteiger charge is -2.01. The quantitative estimate of drug-likeness (QED) is 0.388. The summed E-state index contributed by atoms with van der Waals surface area (Å²) in [6.45, 7) is 0.420. The van der Waals surface area contributed by atoms with Crippen molar-refractivity contribution in [2.75, 3.05) is 5.75 Å². The highest BCUT2D eigenvalue weighted by atomic mass is 32.2. The van der Waals surface area contributed by atoms with E-state index in [2.05, 4.69) is 5.10 Å². The fourth-order valence-electron chi connectivity index (χ4n) is 2.64. The van der Waals surface area contributed by atoms with Gasteiger partial charge >= 0.3 is 0 Å². The fraction of sp³-hybridized carbons (Fsp3) is 0.167. The minimum atomic E-state index is -3.97. The standard InChI is InChI=1S/C18H17N3O4S/c22-14-16-13-21(17-7-2-1-3-8-17)19-18(16)15-6-4-9-20(12-15)10-5-11-26(23,24)25/h1-4,6-9,12-14H,5,10-11H2/p+1. The summed E-state index contributed by atoms with van der Waals surface area (Å²) in [5.41, 5.74) is 2.60. The number of aryl methyl sites for hydroxylation is 1. The third-order valence-corrected chi connectivity index (χ3v) is 4.65. The van der Waals surface area contributed by atoms with Crippen LogP contribution in [0.2, 0.25) is 0 Å². The molecule has 134 valence electrons. The van der Waals surface area contributed by atoms with E-state index in [4.69, 9.17) is 4.55 Å². The van der Waals surface area contributed by atoms with E-state index in [1.54, 1.807) is 33.9 Å². The first-order valence-corrected chi connectivity index (χ1v) is 9.62. The Morgan fingerprint density at radius 1 is 1.15 bits per heavy atom. The van der Waals surface area contributed by atoms with Crippen LogP contribution in [-0.2, 0) is 16.7 Å². The average molecular weight is 372 g/mol. The molecule has 0 fully saturated rings. The maximum atomic E-state index is 11.5. The summed E-state index contributed by atoms with van der Waals surface area (Å²) in [5.74, 6) is -0.299. The normalized spacial score (nSPS) is 11.4. The molecule has 0 aliphatic rings. The van der Waals surface area contributed by atoms with Crippen LogP contribution in [-0.4, -0.2) is 34.8 Å². The summed E-state index contributed by atoms with van der Waals surface area (Å²) in [6, 6.07) is 13.1. The molecule has 0 aliphatic heterocycles. The van der Waals surface area contributed by atoms with Gasteiger partial charge in [0, 0.05) is 18.7 Å². The summed E-state index contributed by atoms with van der Waals surface area (Å²) >= 11 is 0. The molecule has 0 bridgehead atoms. The number of aromatic nitrogens is 3. The number of benzene rings is 1. The molecule has 0 radical (unpaired) electrons. The second-order valence-corrected chi connectivity index (χ2v) is 7.37. The lowest BCUT2D eigenvalue weighted by atomic mass is 10.1. The molecule has 1 aromatic carbocycles. The van der Waals surface area contributed by atoms with Crippen LogP contribution in [0.25, 0.3) is 16.9 Å². The zero-order chi connectivity index (χ0) is 18.6. The second kappa shape index (κ2) is 7.59. The molecule has 2 heterocycles. The van der Waals surface area contributed by atoms with E-state index >= 15 is 0 Å². The topological polar surface area (TPSA) is 93.1 Å². The second-order valence-electron chi connectivity index (χ2n) is 5.80. The van der Waals surface area contributed by atoms with E-state index in [1.807, 2.05) is 36.4 Å². The predicted octanol–water partition coefficient (Wildman–Crippen LogP) is 1.92. The minimum Gasteiger partial charge on any atom is -0.298 e. The van der Waals surface area contributed by atoms with Gasteiger partial charge in [0.25, 0.3) is 10.1 Å². The molecule has 1 N–H and O–H groups in total. The van der Waals surface area contributed by atoms with Gasteiger partial charge in [-0.05, 0) is 18.2 Å². The molecule has 3 rings (SSSR count). The molecule has 7 nitrogen and oxygen atoms in total. The number of carbonyl (C=O) groups excluding carboxylic acids is 1. The fourth-order valence-corrected chi connectivity index (χ4v) is 3.14. The van der Waals surface area contributed by atoms with Gasteiger partial charge in [-0.2, -0.15) is 13.5 Å². The van der Waals surface area contributed by atoms with Crippen molar-refractivity contribution in [3.05, 3.63) is 66.6 Å². The Morgan fingerprint density at radius 2 is 1.92 bits per heavy atom. The first-order valence-electron chi connectivity index (χ1n) is 8.01. The SMILES string of the molecule is O=Cc1cn(-c2ccccc2)nc1-c1ccc[n+](CCCS(=O)(=O)O)c1. The number of hydrogen-bond donors (Lipinski definition) is 1. The third kappa shape index (κ3) is 4.41. The molecule has 0 aliphatic carbocycles. The van der Waals surface area contributed by atoms with Crippen molar-refractivity contribution < 1.29 is 22.3 Å². The zero-order valence-electron chi connectivity index (χ0n) is 13.9. The van der Waals surface area contributed by atoms with Crippen LogP contribution in [0.5, 0.6) is 0 Å². The maximum Gasteiger partial charge on any atom is 0.265 e. The van der Waals surface area contributed by atoms with Gasteiger partial charge in [0.1, 0.15) is 12.2 Å². The van der Waals surface area contributed by atoms with Crippen molar-refractivity contribution in [2.45, 2.75) is 13.0 Å². The third-order valence-electron chi connectivity index (χ3n) is 3.84. The molecule has 0 saturated heterocycles. The van der Waals surface area contributed by atoms with E-state index < -0.39 is 10.1 Å². The Hall–Kier alpha value is -2.84. The Bertz CT molecular complexity index is 1010. The van der Waals surface area contributed by atoms with Gasteiger partial charge in [0.15, 0.2) is 18.7 Å². The average Bonchev–Trinajstić information content (AvgIpc) is 3.06. The van der Waals surface area contributed by atoms with Gasteiger partial charge in [-0.15, -0.1) is 0 Å². The molecular weight excluding hydrogens is 354 g/mol. The first-order chi connectivity index (χ1) is 12.5. The van der Waals surface area contributed by atoms with Gasteiger partial charge in [-0.25, -0.2) is 9.25 Å². The molecule has 0 atom stereocenters. The summed E-state index contributed by atoms with van der Waals surface area (Å²) < 4.78 is 33.9. The number of nitrogens with zero attached hydrogens (tertiary/aromatic N) is 3. The molecule has 0 amide bonds. The minimum absolute atomic E-state index is 0.284. The predicted molar refractivity (Wildman–Crippen MR) is 95.6 cm³/mol. The number of carbonyl (C=O) groups is 1. The highest BCUT2D eigenvalue weighted by molar-refractivity contribution is 7.85. The van der Waals surface area contributed by atoms with Gasteiger partial charge in [0.2, 0.25) is 0 Å². The van der Waals surface area contributed by atoms with Crippen molar-refractivity contribution in [2.24, 2.45) is 0 Å². The summed E-state index contributed by atoms with van der Waals surface area (Å²) in [7, 11) is -3.97. The Morgan fingerprint density at radius 3 is 2.62 bits per heavy atom. The molecule has 0 spiro atoms. The van der Waals surface area contributed by atoms with E-state index in [-0.39, 0.29) is 12.2 Å². The number of pyridine rings is 1. The lowest BCUT2D eigenvalue weighted by Crippen LogP contribution is -2.33. The van der Waals surface area contributed by atoms with Gasteiger partial charge in [-0.1, -0.05) is 18.2 Å².